The first kappa shape index (κ1) is 65.8. The van der Waals surface area contributed by atoms with Crippen molar-refractivity contribution >= 4 is 64.7 Å². The molecule has 4 aliphatic heterocycles. The van der Waals surface area contributed by atoms with Crippen molar-refractivity contribution in [1.82, 2.24) is 31.1 Å². The standard InChI is InChI=1S/C61H76N8O19/c1-31(2)51(67-44(73)19-7-6-12-23-69-45(74)20-21-46(69)75)57(80)65-39(17-13-22-63-60(62)81)56(79)64-38-16-9-8-14-34(38)30-85-61(82)66-37-15-10-11-18-41(71)49-50(52(76)32(37)3)54(78)48-36(53(49)77)26-35(42(72)29-70)27-43(48)87-47-28-40-55(33(4)86-47)88-58-59(83-5)84-25-24-68(40)58/h8-11,14-16,20-21,31,33,35,39-40,43,47,51,55,58-59,70,77-78H,3,6-7,12-13,17-19,22-30H2,1-2,4-5H3,(H,64,79)(H,65,80)(H,66,82)(H,67,73)(H3,62,63,81)/b11-10-,37-15+/t33-,35+,39-,40-,43-,47?,51-,55+,58+,59-/m0/s1. The van der Waals surface area contributed by atoms with E-state index < -0.39 is 168 Å². The van der Waals surface area contributed by atoms with Gasteiger partial charge in [0.15, 0.2) is 36.2 Å². The summed E-state index contributed by atoms with van der Waals surface area (Å²) < 4.78 is 36.2. The molecule has 474 valence electrons. The van der Waals surface area contributed by atoms with Gasteiger partial charge >= 0.3 is 12.1 Å². The quantitative estimate of drug-likeness (QED) is 0.0316. The monoisotopic (exact) mass is 1220 g/mol. The summed E-state index contributed by atoms with van der Waals surface area (Å²) >= 11 is 0. The summed E-state index contributed by atoms with van der Waals surface area (Å²) in [5, 5.41) is 47.6. The zero-order valence-electron chi connectivity index (χ0n) is 49.4. The number of nitrogens with two attached hydrogens (primary N) is 1. The number of aliphatic hydroxyl groups is 1. The fraction of sp³-hybridized carbons (Fsp3) is 0.508. The van der Waals surface area contributed by atoms with Crippen LogP contribution in [0.2, 0.25) is 0 Å². The Morgan fingerprint density at radius 3 is 2.38 bits per heavy atom. The summed E-state index contributed by atoms with van der Waals surface area (Å²) in [4.78, 5) is 135. The van der Waals surface area contributed by atoms with Crippen molar-refractivity contribution in [2.24, 2.45) is 17.6 Å². The third-order valence-electron chi connectivity index (χ3n) is 16.3. The van der Waals surface area contributed by atoms with E-state index in [0.29, 0.717) is 32.4 Å². The van der Waals surface area contributed by atoms with Gasteiger partial charge in [-0.25, -0.2) is 9.59 Å². The number of phenolic OH excluding ortho intramolecular Hbond substituents is 2. The number of carbonyl (C=O) groups is 10. The number of ether oxygens (including phenoxy) is 6. The third kappa shape index (κ3) is 15.4. The number of nitrogens with zero attached hydrogens (tertiary/aromatic N) is 2. The maximum absolute atomic E-state index is 14.8. The molecule has 0 spiro atoms. The van der Waals surface area contributed by atoms with Crippen LogP contribution in [-0.2, 0) is 70.2 Å². The lowest BCUT2D eigenvalue weighted by molar-refractivity contribution is -0.254. The van der Waals surface area contributed by atoms with Crippen LogP contribution in [0.3, 0.4) is 0 Å². The number of aromatic hydroxyl groups is 2. The van der Waals surface area contributed by atoms with Crippen LogP contribution in [0.4, 0.5) is 15.3 Å². The van der Waals surface area contributed by atoms with E-state index in [0.717, 1.165) is 4.90 Å². The molecule has 2 aromatic carbocycles. The number of phenols is 2. The number of primary amides is 1. The van der Waals surface area contributed by atoms with Crippen molar-refractivity contribution in [2.75, 3.05) is 45.3 Å². The summed E-state index contributed by atoms with van der Waals surface area (Å²) in [5.41, 5.74) is 3.67. The van der Waals surface area contributed by atoms with Crippen molar-refractivity contribution in [1.29, 1.82) is 0 Å². The number of imide groups is 1. The fourth-order valence-electron chi connectivity index (χ4n) is 11.8. The highest BCUT2D eigenvalue weighted by atomic mass is 16.7. The van der Waals surface area contributed by atoms with E-state index >= 15 is 0 Å². The fourth-order valence-corrected chi connectivity index (χ4v) is 11.8. The normalized spacial score (nSPS) is 25.0. The first-order chi connectivity index (χ1) is 42.1. The highest BCUT2D eigenvalue weighted by Crippen LogP contribution is 2.51. The molecule has 8 rings (SSSR count). The van der Waals surface area contributed by atoms with Gasteiger partial charge in [0.05, 0.1) is 35.6 Å². The summed E-state index contributed by atoms with van der Waals surface area (Å²) in [6.07, 6.45) is 2.13. The van der Waals surface area contributed by atoms with E-state index in [1.165, 1.54) is 43.6 Å². The number of Topliss-reactive ketones (excluding diaryl/α,β-unsaturated/α-hetero) is 3. The number of urea groups is 1. The number of aliphatic hydroxyl groups excluding tert-OH is 1. The molecule has 2 aliphatic carbocycles. The van der Waals surface area contributed by atoms with Crippen LogP contribution in [0, 0.1) is 11.8 Å². The van der Waals surface area contributed by atoms with Crippen LogP contribution in [-0.4, -0.2) is 173 Å². The first-order valence-corrected chi connectivity index (χ1v) is 29.3. The number of benzene rings is 2. The number of hydrogen-bond acceptors (Lipinski definition) is 20. The zero-order valence-corrected chi connectivity index (χ0v) is 49.4. The van der Waals surface area contributed by atoms with Gasteiger partial charge in [0.25, 0.3) is 11.8 Å². The van der Waals surface area contributed by atoms with Crippen LogP contribution < -0.4 is 32.3 Å². The zero-order chi connectivity index (χ0) is 63.5. The molecule has 0 aromatic heterocycles. The minimum atomic E-state index is -1.24. The number of carbonyl (C=O) groups excluding carboxylic acids is 10. The molecule has 8 amide bonds. The number of ketones is 3. The maximum Gasteiger partial charge on any atom is 0.411 e. The predicted octanol–water partition coefficient (Wildman–Crippen LogP) is 3.00. The number of rotatable bonds is 24. The van der Waals surface area contributed by atoms with Gasteiger partial charge in [-0.05, 0) is 63.5 Å². The molecule has 88 heavy (non-hydrogen) atoms. The Morgan fingerprint density at radius 1 is 0.909 bits per heavy atom. The first-order valence-electron chi connectivity index (χ1n) is 29.3. The topological polar surface area (TPSA) is 379 Å². The lowest BCUT2D eigenvalue weighted by atomic mass is 9.75. The molecule has 10 atom stereocenters. The Labute approximate surface area is 507 Å². The number of fused-ring (bicyclic) bond motifs is 5. The number of nitrogens with one attached hydrogen (secondary N) is 5. The van der Waals surface area contributed by atoms with Gasteiger partial charge in [0.1, 0.15) is 42.9 Å². The molecule has 1 unspecified atom stereocenters. The molecule has 0 saturated carbocycles. The number of amides is 8. The van der Waals surface area contributed by atoms with Crippen molar-refractivity contribution < 1.29 is 91.7 Å². The summed E-state index contributed by atoms with van der Waals surface area (Å²) in [7, 11) is 1.52. The van der Waals surface area contributed by atoms with Gasteiger partial charge in [0, 0.05) is 98.1 Å². The number of para-hydroxylation sites is 1. The molecule has 3 saturated heterocycles. The molecule has 10 N–H and O–H groups in total. The van der Waals surface area contributed by atoms with Crippen molar-refractivity contribution in [3.8, 4) is 11.5 Å². The molecule has 0 bridgehead atoms. The van der Waals surface area contributed by atoms with Gasteiger partial charge in [-0.3, -0.25) is 53.5 Å². The minimum absolute atomic E-state index is 0.00158. The molecular formula is C61H76N8O19. The molecular weight excluding hydrogens is 1150 g/mol. The second-order valence-corrected chi connectivity index (χ2v) is 22.5. The molecule has 4 heterocycles. The van der Waals surface area contributed by atoms with Gasteiger partial charge in [-0.1, -0.05) is 57.2 Å². The van der Waals surface area contributed by atoms with Crippen LogP contribution in [0.25, 0.3) is 0 Å². The Morgan fingerprint density at radius 2 is 1.66 bits per heavy atom. The SMILES string of the molecule is C=C1C(=O)c2c(O)c3c(c(O)c2C(=O)C/C=C\C=C/1NC(=O)OCc1ccccc1NC(=O)[C@H](CCCNC(N)=O)NC(=O)[C@@H](NC(=O)CCCCCN1C(=O)C=CC1=O)C(C)C)C[C@@H](C(=O)CO)C[C@@H]3OC1C[C@H]2[C@H](O[C@@H]3[C@@H](OC)OCCN32)[C@H](C)O1. The van der Waals surface area contributed by atoms with Gasteiger partial charge in [0.2, 0.25) is 17.7 Å². The average Bonchev–Trinajstić information content (AvgIpc) is 0.807. The second-order valence-electron chi connectivity index (χ2n) is 22.5. The predicted molar refractivity (Wildman–Crippen MR) is 310 cm³/mol. The van der Waals surface area contributed by atoms with Gasteiger partial charge in [-0.2, -0.15) is 0 Å². The largest absolute Gasteiger partial charge is 0.507 e. The third-order valence-corrected chi connectivity index (χ3v) is 16.3. The summed E-state index contributed by atoms with van der Waals surface area (Å²) in [6, 6.07) is 2.94. The molecule has 2 aromatic rings. The maximum atomic E-state index is 14.8. The van der Waals surface area contributed by atoms with E-state index in [9.17, 15) is 63.3 Å². The van der Waals surface area contributed by atoms with E-state index in [4.69, 9.17) is 34.2 Å². The lowest BCUT2D eigenvalue weighted by Crippen LogP contribution is -2.55. The lowest BCUT2D eigenvalue weighted by Gasteiger charge is -2.42. The van der Waals surface area contributed by atoms with Crippen molar-refractivity contribution in [3.05, 3.63) is 100 Å². The van der Waals surface area contributed by atoms with Crippen molar-refractivity contribution in [3.63, 3.8) is 0 Å². The number of alkyl carbamates (subject to hydrolysis) is 1. The summed E-state index contributed by atoms with van der Waals surface area (Å²) in [5.74, 6) is -7.84. The van der Waals surface area contributed by atoms with Crippen LogP contribution in [0.1, 0.15) is 122 Å². The number of methoxy groups -OCH3 is 1. The van der Waals surface area contributed by atoms with Crippen LogP contribution in [0.15, 0.2) is 72.5 Å². The van der Waals surface area contributed by atoms with E-state index in [1.54, 1.807) is 32.0 Å². The van der Waals surface area contributed by atoms with Crippen LogP contribution in [0.5, 0.6) is 11.5 Å². The Hall–Kier alpha value is -8.18. The average molecular weight is 1230 g/mol. The molecule has 0 radical (unpaired) electrons. The molecule has 6 aliphatic rings. The van der Waals surface area contributed by atoms with Gasteiger partial charge in [-0.15, -0.1) is 0 Å². The minimum Gasteiger partial charge on any atom is -0.507 e. The number of anilines is 1. The van der Waals surface area contributed by atoms with Crippen LogP contribution >= 0.6 is 0 Å². The highest BCUT2D eigenvalue weighted by Gasteiger charge is 2.54. The number of unbranched alkanes of at least 4 members (excludes halogenated alkanes) is 2. The van der Waals surface area contributed by atoms with Crippen molar-refractivity contribution in [2.45, 2.75) is 147 Å². The van der Waals surface area contributed by atoms with E-state index in [1.807, 2.05) is 6.92 Å². The molecule has 3 fully saturated rings. The van der Waals surface area contributed by atoms with Gasteiger partial charge < -0.3 is 70.7 Å². The second kappa shape index (κ2) is 29.7. The number of morpholine rings is 1. The number of allylic oxidation sites excluding steroid dienone is 4. The summed E-state index contributed by atoms with van der Waals surface area (Å²) in [6.45, 7) is 9.01. The smallest absolute Gasteiger partial charge is 0.411 e. The molecule has 27 nitrogen and oxygen atoms in total. The Kier molecular flexibility index (Phi) is 22.2. The van der Waals surface area contributed by atoms with E-state index in [2.05, 4.69) is 38.1 Å². The Bertz CT molecular complexity index is 3140. The Balaban J connectivity index is 0.942. The number of hydrogen-bond donors (Lipinski definition) is 9. The van der Waals surface area contributed by atoms with E-state index in [-0.39, 0.29) is 85.7 Å². The molecule has 27 heteroatoms. The highest BCUT2D eigenvalue weighted by molar-refractivity contribution is 6.20.